The first-order chi connectivity index (χ1) is 17.9. The van der Waals surface area contributed by atoms with Crippen LogP contribution in [0, 0.1) is 12.7 Å². The first-order valence-corrected chi connectivity index (χ1v) is 12.1. The number of benzene rings is 2. The fraction of sp³-hybridized carbons (Fsp3) is 0.192. The maximum Gasteiger partial charge on any atom is 0.412 e. The first-order valence-electron chi connectivity index (χ1n) is 11.3. The van der Waals surface area contributed by atoms with Crippen LogP contribution >= 0.6 is 11.3 Å². The largest absolute Gasteiger partial charge is 0.487 e. The molecule has 0 fully saturated rings. The predicted molar refractivity (Wildman–Crippen MR) is 139 cm³/mol. The van der Waals surface area contributed by atoms with E-state index in [0.29, 0.717) is 33.1 Å². The molecular formula is C26H22FN5O4S. The number of nitrogens with one attached hydrogen (secondary N) is 1. The second-order valence-corrected chi connectivity index (χ2v) is 9.28. The van der Waals surface area contributed by atoms with Gasteiger partial charge >= 0.3 is 6.09 Å². The highest BCUT2D eigenvalue weighted by atomic mass is 32.1. The zero-order chi connectivity index (χ0) is 25.9. The number of hydrogen-bond acceptors (Lipinski definition) is 9. The molecule has 0 aliphatic carbocycles. The Morgan fingerprint density at radius 3 is 2.73 bits per heavy atom. The molecule has 0 bridgehead atoms. The van der Waals surface area contributed by atoms with E-state index in [1.165, 1.54) is 17.4 Å². The van der Waals surface area contributed by atoms with Gasteiger partial charge in [-0.05, 0) is 43.7 Å². The van der Waals surface area contributed by atoms with Crippen LogP contribution in [0.5, 0.6) is 11.6 Å². The Labute approximate surface area is 215 Å². The molecule has 1 atom stereocenters. The summed E-state index contributed by atoms with van der Waals surface area (Å²) in [6.45, 7) is 3.59. The van der Waals surface area contributed by atoms with Crippen molar-refractivity contribution < 1.29 is 23.4 Å². The number of nitrogens with zero attached hydrogens (tertiary/aromatic N) is 4. The first kappa shape index (κ1) is 24.3. The third kappa shape index (κ3) is 5.41. The summed E-state index contributed by atoms with van der Waals surface area (Å²) in [7, 11) is 1.54. The van der Waals surface area contributed by atoms with E-state index < -0.39 is 18.0 Å². The van der Waals surface area contributed by atoms with E-state index in [-0.39, 0.29) is 12.4 Å². The molecule has 0 aliphatic heterocycles. The van der Waals surface area contributed by atoms with Gasteiger partial charge in [-0.25, -0.2) is 24.1 Å². The monoisotopic (exact) mass is 519 g/mol. The lowest BCUT2D eigenvalue weighted by molar-refractivity contribution is 0.0844. The summed E-state index contributed by atoms with van der Waals surface area (Å²) >= 11 is 1.40. The predicted octanol–water partition coefficient (Wildman–Crippen LogP) is 5.77. The van der Waals surface area contributed by atoms with E-state index in [9.17, 15) is 9.18 Å². The minimum Gasteiger partial charge on any atom is -0.487 e. The molecule has 0 spiro atoms. The topological polar surface area (TPSA) is 108 Å². The zero-order valence-electron chi connectivity index (χ0n) is 20.2. The van der Waals surface area contributed by atoms with Gasteiger partial charge in [0.05, 0.1) is 34.6 Å². The van der Waals surface area contributed by atoms with Crippen molar-refractivity contribution in [3.63, 3.8) is 0 Å². The summed E-state index contributed by atoms with van der Waals surface area (Å²) in [6.07, 6.45) is 3.40. The zero-order valence-corrected chi connectivity index (χ0v) is 21.0. The highest BCUT2D eigenvalue weighted by molar-refractivity contribution is 7.21. The maximum absolute atomic E-state index is 14.8. The van der Waals surface area contributed by atoms with Crippen molar-refractivity contribution in [2.75, 3.05) is 19.0 Å². The summed E-state index contributed by atoms with van der Waals surface area (Å²) in [4.78, 5) is 29.6. The molecule has 0 radical (unpaired) electrons. The van der Waals surface area contributed by atoms with Gasteiger partial charge in [0.1, 0.15) is 17.7 Å². The van der Waals surface area contributed by atoms with Gasteiger partial charge in [-0.1, -0.05) is 0 Å². The van der Waals surface area contributed by atoms with Gasteiger partial charge in [-0.2, -0.15) is 0 Å². The van der Waals surface area contributed by atoms with Gasteiger partial charge < -0.3 is 14.2 Å². The highest BCUT2D eigenvalue weighted by Crippen LogP contribution is 2.37. The second-order valence-electron chi connectivity index (χ2n) is 8.25. The van der Waals surface area contributed by atoms with Crippen LogP contribution in [0.4, 0.5) is 14.9 Å². The van der Waals surface area contributed by atoms with Crippen LogP contribution < -0.4 is 14.8 Å². The summed E-state index contributed by atoms with van der Waals surface area (Å²) in [5.74, 6) is -0.0898. The number of carbonyl (C=O) groups is 1. The lowest BCUT2D eigenvalue weighted by Gasteiger charge is -2.15. The number of ether oxygens (including phenoxy) is 3. The number of thiazole rings is 1. The summed E-state index contributed by atoms with van der Waals surface area (Å²) < 4.78 is 31.7. The number of methoxy groups -OCH3 is 1. The average Bonchev–Trinajstić information content (AvgIpc) is 3.29. The molecule has 5 rings (SSSR count). The Kier molecular flexibility index (Phi) is 6.78. The van der Waals surface area contributed by atoms with Gasteiger partial charge in [-0.15, -0.1) is 11.3 Å². The normalized spacial score (nSPS) is 11.9. The number of hydrogen-bond donors (Lipinski definition) is 1. The van der Waals surface area contributed by atoms with Crippen molar-refractivity contribution in [3.8, 4) is 22.2 Å². The molecule has 1 unspecified atom stereocenters. The summed E-state index contributed by atoms with van der Waals surface area (Å²) in [5, 5.41) is 3.28. The third-order valence-electron chi connectivity index (χ3n) is 5.36. The van der Waals surface area contributed by atoms with Crippen molar-refractivity contribution in [2.45, 2.75) is 20.0 Å². The molecule has 5 aromatic rings. The van der Waals surface area contributed by atoms with Crippen LogP contribution in [0.3, 0.4) is 0 Å². The van der Waals surface area contributed by atoms with Gasteiger partial charge in [0, 0.05) is 35.8 Å². The van der Waals surface area contributed by atoms with E-state index in [2.05, 4.69) is 25.3 Å². The van der Waals surface area contributed by atoms with Gasteiger partial charge in [0.15, 0.2) is 11.6 Å². The second kappa shape index (κ2) is 10.3. The number of fused-ring (bicyclic) bond motifs is 2. The molecule has 1 N–H and O–H groups in total. The Morgan fingerprint density at radius 1 is 1.14 bits per heavy atom. The van der Waals surface area contributed by atoms with Crippen molar-refractivity contribution >= 4 is 44.4 Å². The Balaban J connectivity index is 1.33. The number of rotatable bonds is 7. The van der Waals surface area contributed by atoms with E-state index >= 15 is 0 Å². The molecule has 3 heterocycles. The molecule has 0 aliphatic rings. The fourth-order valence-corrected chi connectivity index (χ4v) is 4.66. The molecule has 1 amide bonds. The van der Waals surface area contributed by atoms with Crippen LogP contribution in [-0.4, -0.2) is 45.8 Å². The van der Waals surface area contributed by atoms with E-state index in [0.717, 1.165) is 15.8 Å². The molecule has 0 saturated carbocycles. The Hall–Kier alpha value is -4.38. The van der Waals surface area contributed by atoms with Crippen LogP contribution in [0.25, 0.3) is 31.8 Å². The number of pyridine rings is 1. The number of carbonyl (C=O) groups excluding carboxylic acids is 1. The SMILES string of the molecule is COc1cnc2c(-c3nc4cc(F)c(OCC(C)OC(=O)Nc5ccncc5)cc4s3)cc(C)cc2n1. The van der Waals surface area contributed by atoms with Crippen LogP contribution in [0.1, 0.15) is 12.5 Å². The summed E-state index contributed by atoms with van der Waals surface area (Å²) in [6, 6.07) is 10.1. The number of aromatic nitrogens is 4. The van der Waals surface area contributed by atoms with Gasteiger partial charge in [0.25, 0.3) is 0 Å². The molecule has 9 nitrogen and oxygen atoms in total. The molecule has 3 aromatic heterocycles. The molecule has 37 heavy (non-hydrogen) atoms. The molecular weight excluding hydrogens is 497 g/mol. The van der Waals surface area contributed by atoms with Gasteiger partial charge in [0.2, 0.25) is 5.88 Å². The van der Waals surface area contributed by atoms with E-state index in [1.807, 2.05) is 19.1 Å². The Bertz CT molecular complexity index is 1600. The molecule has 2 aromatic carbocycles. The highest BCUT2D eigenvalue weighted by Gasteiger charge is 2.17. The minimum atomic E-state index is -0.642. The molecule has 11 heteroatoms. The standard InChI is InChI=1S/C26H22FN5O4S/c1-14-8-17(24-20(9-14)31-23(34-3)12-29-24)25-32-19-10-18(27)21(11-22(19)37-25)35-13-15(2)36-26(33)30-16-4-6-28-7-5-16/h4-12,15H,13H2,1-3H3,(H,28,30,33). The van der Waals surface area contributed by atoms with E-state index in [1.54, 1.807) is 50.8 Å². The smallest absolute Gasteiger partial charge is 0.412 e. The van der Waals surface area contributed by atoms with Crippen molar-refractivity contribution in [3.05, 3.63) is 66.4 Å². The van der Waals surface area contributed by atoms with Crippen LogP contribution in [0.15, 0.2) is 55.0 Å². The van der Waals surface area contributed by atoms with Crippen molar-refractivity contribution in [1.82, 2.24) is 19.9 Å². The lowest BCUT2D eigenvalue weighted by atomic mass is 10.1. The quantitative estimate of drug-likeness (QED) is 0.289. The fourth-order valence-electron chi connectivity index (χ4n) is 3.67. The number of halogens is 1. The van der Waals surface area contributed by atoms with Crippen molar-refractivity contribution in [2.24, 2.45) is 0 Å². The van der Waals surface area contributed by atoms with Crippen LogP contribution in [0.2, 0.25) is 0 Å². The third-order valence-corrected chi connectivity index (χ3v) is 6.41. The average molecular weight is 520 g/mol. The number of anilines is 1. The molecule has 0 saturated heterocycles. The number of amides is 1. The minimum absolute atomic E-state index is 0.0300. The van der Waals surface area contributed by atoms with E-state index in [4.69, 9.17) is 14.2 Å². The number of aryl methyl sites for hydroxylation is 1. The Morgan fingerprint density at radius 2 is 1.95 bits per heavy atom. The van der Waals surface area contributed by atoms with Crippen molar-refractivity contribution in [1.29, 1.82) is 0 Å². The maximum atomic E-state index is 14.8. The van der Waals surface area contributed by atoms with Crippen LogP contribution in [-0.2, 0) is 4.74 Å². The molecule has 188 valence electrons. The lowest BCUT2D eigenvalue weighted by Crippen LogP contribution is -2.25. The summed E-state index contributed by atoms with van der Waals surface area (Å²) in [5.41, 5.74) is 4.21. The van der Waals surface area contributed by atoms with Gasteiger partial charge in [-0.3, -0.25) is 10.3 Å².